The molecule has 1 aromatic carbocycles. The van der Waals surface area contributed by atoms with Gasteiger partial charge in [0, 0.05) is 57.3 Å². The summed E-state index contributed by atoms with van der Waals surface area (Å²) in [6, 6.07) is 9.01. The van der Waals surface area contributed by atoms with Crippen LogP contribution in [-0.2, 0) is 14.8 Å². The maximum absolute atomic E-state index is 13.2. The van der Waals surface area contributed by atoms with Crippen LogP contribution in [0.3, 0.4) is 0 Å². The summed E-state index contributed by atoms with van der Waals surface area (Å²) in [7, 11) is -1.56. The Labute approximate surface area is 206 Å². The van der Waals surface area contributed by atoms with Gasteiger partial charge in [0.25, 0.3) is 0 Å². The highest BCUT2D eigenvalue weighted by molar-refractivity contribution is 7.89. The van der Waals surface area contributed by atoms with E-state index in [2.05, 4.69) is 24.8 Å². The minimum Gasteiger partial charge on any atom is -0.381 e. The molecule has 1 N–H and O–H groups in total. The summed E-state index contributed by atoms with van der Waals surface area (Å²) < 4.78 is 35.6. The summed E-state index contributed by atoms with van der Waals surface area (Å²) in [6.45, 7) is 5.91. The summed E-state index contributed by atoms with van der Waals surface area (Å²) >= 11 is 0. The molecule has 2 saturated heterocycles. The number of rotatable bonds is 6. The monoisotopic (exact) mass is 497 g/mol. The van der Waals surface area contributed by atoms with Crippen molar-refractivity contribution in [3.05, 3.63) is 48.5 Å². The minimum absolute atomic E-state index is 0.261. The van der Waals surface area contributed by atoms with Gasteiger partial charge in [0.15, 0.2) is 0 Å². The van der Waals surface area contributed by atoms with Gasteiger partial charge in [-0.1, -0.05) is 6.07 Å². The summed E-state index contributed by atoms with van der Waals surface area (Å²) in [6.07, 6.45) is 5.43. The number of aromatic nitrogens is 4. The smallest absolute Gasteiger partial charge is 0.243 e. The fraction of sp³-hybridized carbons (Fsp3) is 0.458. The maximum atomic E-state index is 13.2. The zero-order valence-corrected chi connectivity index (χ0v) is 20.9. The van der Waals surface area contributed by atoms with Crippen LogP contribution in [0.15, 0.2) is 47.6 Å². The number of nitrogens with zero attached hydrogens (tertiary/aromatic N) is 6. The first-order valence-electron chi connectivity index (χ1n) is 11.9. The Bertz CT molecular complexity index is 1280. The van der Waals surface area contributed by atoms with Crippen LogP contribution in [-0.4, -0.2) is 83.6 Å². The number of piperazine rings is 1. The average Bonchev–Trinajstić information content (AvgIpc) is 3.26. The van der Waals surface area contributed by atoms with Crippen molar-refractivity contribution in [1.82, 2.24) is 28.7 Å². The van der Waals surface area contributed by atoms with E-state index in [-0.39, 0.29) is 4.90 Å². The van der Waals surface area contributed by atoms with Crippen LogP contribution in [0.25, 0.3) is 11.4 Å². The van der Waals surface area contributed by atoms with E-state index in [0.717, 1.165) is 56.4 Å². The fourth-order valence-electron chi connectivity index (χ4n) is 4.65. The van der Waals surface area contributed by atoms with E-state index in [1.165, 1.54) is 0 Å². The molecule has 35 heavy (non-hydrogen) atoms. The maximum Gasteiger partial charge on any atom is 0.243 e. The third-order valence-corrected chi connectivity index (χ3v) is 8.54. The largest absolute Gasteiger partial charge is 0.381 e. The SMILES string of the molecule is Cc1ncc(-c2ccnc(Nc3cccc(S(=O)(=O)N4CCN(C)CC4)c3)n2)n1C1CCOCC1. The van der Waals surface area contributed by atoms with Crippen molar-refractivity contribution < 1.29 is 13.2 Å². The molecule has 4 heterocycles. The van der Waals surface area contributed by atoms with Crippen molar-refractivity contribution in [2.75, 3.05) is 51.8 Å². The van der Waals surface area contributed by atoms with Crippen LogP contribution in [0, 0.1) is 6.92 Å². The van der Waals surface area contributed by atoms with Gasteiger partial charge in [-0.3, -0.25) is 0 Å². The highest BCUT2D eigenvalue weighted by atomic mass is 32.2. The lowest BCUT2D eigenvalue weighted by Gasteiger charge is -2.31. The molecule has 0 radical (unpaired) electrons. The molecule has 11 heteroatoms. The molecule has 0 amide bonds. The van der Waals surface area contributed by atoms with Gasteiger partial charge < -0.3 is 19.5 Å². The van der Waals surface area contributed by atoms with Crippen LogP contribution in [0.5, 0.6) is 0 Å². The molecular formula is C24H31N7O3S. The van der Waals surface area contributed by atoms with Gasteiger partial charge in [-0.05, 0) is 51.1 Å². The van der Waals surface area contributed by atoms with E-state index >= 15 is 0 Å². The standard InChI is InChI=1S/C24H31N7O3S/c1-18-26-17-23(31(18)20-7-14-34-15-8-20)22-6-9-25-24(28-22)27-19-4-3-5-21(16-19)35(32,33)30-12-10-29(2)11-13-30/h3-6,9,16-17,20H,7-8,10-15H2,1-2H3,(H,25,27,28). The Kier molecular flexibility index (Phi) is 6.83. The van der Waals surface area contributed by atoms with E-state index in [0.29, 0.717) is 30.8 Å². The number of imidazole rings is 1. The summed E-state index contributed by atoms with van der Waals surface area (Å²) in [5.41, 5.74) is 2.31. The van der Waals surface area contributed by atoms with Crippen molar-refractivity contribution in [1.29, 1.82) is 0 Å². The highest BCUT2D eigenvalue weighted by Crippen LogP contribution is 2.30. The molecule has 2 aliphatic heterocycles. The number of anilines is 2. The lowest BCUT2D eigenvalue weighted by Crippen LogP contribution is -2.47. The van der Waals surface area contributed by atoms with Gasteiger partial charge in [0.05, 0.1) is 22.5 Å². The first-order valence-corrected chi connectivity index (χ1v) is 13.4. The molecule has 0 saturated carbocycles. The predicted octanol–water partition coefficient (Wildman–Crippen LogP) is 2.68. The van der Waals surface area contributed by atoms with Crippen molar-refractivity contribution in [2.24, 2.45) is 0 Å². The Morgan fingerprint density at radius 1 is 1.06 bits per heavy atom. The van der Waals surface area contributed by atoms with Crippen molar-refractivity contribution >= 4 is 21.7 Å². The molecule has 2 aromatic heterocycles. The number of nitrogens with one attached hydrogen (secondary N) is 1. The fourth-order valence-corrected chi connectivity index (χ4v) is 6.12. The van der Waals surface area contributed by atoms with E-state index < -0.39 is 10.0 Å². The van der Waals surface area contributed by atoms with Gasteiger partial charge >= 0.3 is 0 Å². The lowest BCUT2D eigenvalue weighted by molar-refractivity contribution is 0.0694. The highest BCUT2D eigenvalue weighted by Gasteiger charge is 2.27. The molecule has 2 fully saturated rings. The van der Waals surface area contributed by atoms with Crippen LogP contribution in [0.1, 0.15) is 24.7 Å². The van der Waals surface area contributed by atoms with Crippen LogP contribution in [0.4, 0.5) is 11.6 Å². The Morgan fingerprint density at radius 2 is 1.83 bits per heavy atom. The van der Waals surface area contributed by atoms with Gasteiger partial charge in [0.2, 0.25) is 16.0 Å². The number of hydrogen-bond donors (Lipinski definition) is 1. The number of sulfonamides is 1. The summed E-state index contributed by atoms with van der Waals surface area (Å²) in [5, 5.41) is 3.18. The molecule has 3 aromatic rings. The molecule has 0 bridgehead atoms. The van der Waals surface area contributed by atoms with E-state index in [9.17, 15) is 8.42 Å². The molecular weight excluding hydrogens is 466 g/mol. The second-order valence-corrected chi connectivity index (χ2v) is 11.0. The van der Waals surface area contributed by atoms with Crippen LogP contribution in [0.2, 0.25) is 0 Å². The quantitative estimate of drug-likeness (QED) is 0.554. The molecule has 0 spiro atoms. The van der Waals surface area contributed by atoms with E-state index in [4.69, 9.17) is 9.72 Å². The van der Waals surface area contributed by atoms with Crippen molar-refractivity contribution in [3.8, 4) is 11.4 Å². The molecule has 5 rings (SSSR count). The first kappa shape index (κ1) is 23.9. The third-order valence-electron chi connectivity index (χ3n) is 6.65. The number of benzene rings is 1. The second-order valence-electron chi connectivity index (χ2n) is 9.03. The Balaban J connectivity index is 1.38. The normalized spacial score (nSPS) is 18.6. The average molecular weight is 498 g/mol. The molecule has 0 unspecified atom stereocenters. The van der Waals surface area contributed by atoms with Crippen molar-refractivity contribution in [2.45, 2.75) is 30.7 Å². The molecule has 2 aliphatic rings. The predicted molar refractivity (Wildman–Crippen MR) is 133 cm³/mol. The molecule has 0 atom stereocenters. The van der Waals surface area contributed by atoms with Gasteiger partial charge in [-0.25, -0.2) is 23.4 Å². The Hall–Kier alpha value is -2.86. The summed E-state index contributed by atoms with van der Waals surface area (Å²) in [5.74, 6) is 1.34. The van der Waals surface area contributed by atoms with Gasteiger partial charge in [-0.2, -0.15) is 4.31 Å². The molecule has 10 nitrogen and oxygen atoms in total. The van der Waals surface area contributed by atoms with Crippen LogP contribution < -0.4 is 5.32 Å². The van der Waals surface area contributed by atoms with Crippen LogP contribution >= 0.6 is 0 Å². The number of likely N-dealkylation sites (N-methyl/N-ethyl adjacent to an activating group) is 1. The molecule has 0 aliphatic carbocycles. The second kappa shape index (κ2) is 10.0. The molecule has 186 valence electrons. The van der Waals surface area contributed by atoms with Crippen molar-refractivity contribution in [3.63, 3.8) is 0 Å². The minimum atomic E-state index is -3.56. The van der Waals surface area contributed by atoms with Gasteiger partial charge in [-0.15, -0.1) is 0 Å². The Morgan fingerprint density at radius 3 is 2.60 bits per heavy atom. The number of hydrogen-bond acceptors (Lipinski definition) is 8. The zero-order chi connectivity index (χ0) is 24.4. The first-order chi connectivity index (χ1) is 16.9. The topological polar surface area (TPSA) is 105 Å². The number of aryl methyl sites for hydroxylation is 1. The van der Waals surface area contributed by atoms with E-state index in [1.807, 2.05) is 32.3 Å². The van der Waals surface area contributed by atoms with Gasteiger partial charge in [0.1, 0.15) is 5.82 Å². The zero-order valence-electron chi connectivity index (χ0n) is 20.1. The summed E-state index contributed by atoms with van der Waals surface area (Å²) in [4.78, 5) is 16.0. The third kappa shape index (κ3) is 5.08. The lowest BCUT2D eigenvalue weighted by atomic mass is 10.1. The number of ether oxygens (including phenoxy) is 1. The van der Waals surface area contributed by atoms with E-state index in [1.54, 1.807) is 28.7 Å².